The van der Waals surface area contributed by atoms with E-state index in [4.69, 9.17) is 0 Å². The molecule has 0 N–H and O–H groups in total. The van der Waals surface area contributed by atoms with Crippen LogP contribution in [0.3, 0.4) is 0 Å². The van der Waals surface area contributed by atoms with Crippen LogP contribution in [0.2, 0.25) is 0 Å². The standard InChI is InChI=1S/C12H7IN.Al/c13-9-5-3-7-11-12(9)8-4-1-2-6-10(8)14-11;/h1-7H;/q-1;+1. The van der Waals surface area contributed by atoms with Gasteiger partial charge in [0, 0.05) is 25.4 Å². The fourth-order valence-electron chi connectivity index (χ4n) is 2.01. The molecule has 0 amide bonds. The molecule has 0 saturated carbocycles. The molecular formula is C12H7AlIN. The third kappa shape index (κ3) is 1.34. The van der Waals surface area contributed by atoms with Crippen molar-refractivity contribution in [3.8, 4) is 0 Å². The van der Waals surface area contributed by atoms with Crippen LogP contribution in [0.15, 0.2) is 42.5 Å². The van der Waals surface area contributed by atoms with Crippen LogP contribution in [-0.4, -0.2) is 20.1 Å². The number of benzene rings is 2. The average molecular weight is 319 g/mol. The lowest BCUT2D eigenvalue weighted by molar-refractivity contribution is 1.39. The molecule has 1 nitrogen and oxygen atoms in total. The van der Waals surface area contributed by atoms with E-state index in [9.17, 15) is 0 Å². The summed E-state index contributed by atoms with van der Waals surface area (Å²) in [5.74, 6) is 0. The van der Waals surface area contributed by atoms with E-state index in [2.05, 4.69) is 85.1 Å². The topological polar surface area (TPSA) is 4.93 Å². The Hall–Kier alpha value is -0.498. The third-order valence-corrected chi connectivity index (χ3v) is 4.14. The summed E-state index contributed by atoms with van der Waals surface area (Å²) in [5.41, 5.74) is 2.54. The van der Waals surface area contributed by atoms with Gasteiger partial charge in [0.25, 0.3) is 0 Å². The van der Waals surface area contributed by atoms with Gasteiger partial charge in [0.1, 0.15) is 0 Å². The van der Waals surface area contributed by atoms with Crippen LogP contribution in [0.1, 0.15) is 0 Å². The van der Waals surface area contributed by atoms with Crippen LogP contribution in [0.25, 0.3) is 21.8 Å². The summed E-state index contributed by atoms with van der Waals surface area (Å²) in [4.78, 5) is 0. The number of fused-ring (bicyclic) bond motifs is 3. The first-order valence-electron chi connectivity index (χ1n) is 4.72. The monoisotopic (exact) mass is 319 g/mol. The van der Waals surface area contributed by atoms with E-state index >= 15 is 0 Å². The summed E-state index contributed by atoms with van der Waals surface area (Å²) in [5, 5.41) is 2.68. The highest BCUT2D eigenvalue weighted by Crippen LogP contribution is 2.30. The Morgan fingerprint density at radius 3 is 2.53 bits per heavy atom. The summed E-state index contributed by atoms with van der Waals surface area (Å²) >= 11 is 5.18. The lowest BCUT2D eigenvalue weighted by Gasteiger charge is -1.99. The third-order valence-electron chi connectivity index (χ3n) is 2.68. The molecule has 1 aromatic heterocycles. The first-order valence-corrected chi connectivity index (χ1v) is 6.31. The van der Waals surface area contributed by atoms with Crippen molar-refractivity contribution in [3.05, 3.63) is 46.0 Å². The van der Waals surface area contributed by atoms with E-state index in [0.29, 0.717) is 0 Å². The predicted octanol–water partition coefficient (Wildman–Crippen LogP) is 3.33. The summed E-state index contributed by atoms with van der Waals surface area (Å²) < 4.78 is 3.48. The van der Waals surface area contributed by atoms with Gasteiger partial charge in [0.05, 0.1) is 0 Å². The zero-order valence-electron chi connectivity index (χ0n) is 7.94. The minimum atomic E-state index is 1.27. The van der Waals surface area contributed by atoms with E-state index in [1.165, 1.54) is 25.4 Å². The van der Waals surface area contributed by atoms with Gasteiger partial charge < -0.3 is 3.55 Å². The van der Waals surface area contributed by atoms with Crippen molar-refractivity contribution in [2.75, 3.05) is 0 Å². The molecular weight excluding hydrogens is 312 g/mol. The normalized spacial score (nSPS) is 11.3. The molecule has 1 heterocycles. The SMILES string of the molecule is [Al][n]1c2ccccc2c2c(I)cccc21. The molecule has 70 valence electrons. The van der Waals surface area contributed by atoms with Crippen molar-refractivity contribution in [2.24, 2.45) is 0 Å². The molecule has 3 aromatic rings. The van der Waals surface area contributed by atoms with E-state index in [0.717, 1.165) is 0 Å². The van der Waals surface area contributed by atoms with E-state index in [1.807, 2.05) is 0 Å². The van der Waals surface area contributed by atoms with E-state index < -0.39 is 0 Å². The van der Waals surface area contributed by atoms with Gasteiger partial charge >= 0.3 is 16.5 Å². The lowest BCUT2D eigenvalue weighted by Crippen LogP contribution is -1.89. The van der Waals surface area contributed by atoms with Gasteiger partial charge in [0.2, 0.25) is 0 Å². The van der Waals surface area contributed by atoms with Crippen molar-refractivity contribution in [1.82, 2.24) is 3.55 Å². The van der Waals surface area contributed by atoms with Crippen LogP contribution in [0.5, 0.6) is 0 Å². The second-order valence-electron chi connectivity index (χ2n) is 3.52. The Bertz CT molecular complexity index is 657. The Morgan fingerprint density at radius 1 is 0.933 bits per heavy atom. The van der Waals surface area contributed by atoms with Gasteiger partial charge in [-0.25, -0.2) is 0 Å². The van der Waals surface area contributed by atoms with Crippen LogP contribution < -0.4 is 0 Å². The molecule has 3 heteroatoms. The number of halogens is 1. The first kappa shape index (κ1) is 9.71. The maximum Gasteiger partial charge on any atom is 0.318 e. The van der Waals surface area contributed by atoms with Crippen LogP contribution >= 0.6 is 22.6 Å². The van der Waals surface area contributed by atoms with Crippen LogP contribution in [0.4, 0.5) is 0 Å². The number of aromatic nitrogens is 1. The molecule has 0 aliphatic carbocycles. The molecule has 3 rings (SSSR count). The smallest absolute Gasteiger partial charge is 0.318 e. The highest BCUT2D eigenvalue weighted by atomic mass is 127. The zero-order valence-corrected chi connectivity index (χ0v) is 11.3. The number of nitrogens with zero attached hydrogens (tertiary/aromatic N) is 1. The molecule has 0 unspecified atom stereocenters. The predicted molar refractivity (Wildman–Crippen MR) is 73.3 cm³/mol. The number of rotatable bonds is 0. The van der Waals surface area contributed by atoms with Crippen molar-refractivity contribution in [3.63, 3.8) is 0 Å². The maximum absolute atomic E-state index is 2.78. The first-order chi connectivity index (χ1) is 7.29. The summed E-state index contributed by atoms with van der Waals surface area (Å²) in [6, 6.07) is 14.9. The second kappa shape index (κ2) is 3.52. The van der Waals surface area contributed by atoms with Gasteiger partial charge in [-0.05, 0) is 40.8 Å². The fraction of sp³-hybridized carbons (Fsp3) is 0. The summed E-state index contributed by atoms with van der Waals surface area (Å²) in [7, 11) is 0. The maximum atomic E-state index is 2.78. The molecule has 0 fully saturated rings. The van der Waals surface area contributed by atoms with Gasteiger partial charge in [-0.15, -0.1) is 0 Å². The molecule has 0 spiro atoms. The Kier molecular flexibility index (Phi) is 2.28. The van der Waals surface area contributed by atoms with Crippen LogP contribution in [-0.2, 0) is 0 Å². The molecule has 0 saturated heterocycles. The number of hydrogen-bond acceptors (Lipinski definition) is 0. The quantitative estimate of drug-likeness (QED) is 0.442. The minimum absolute atomic E-state index is 1.27. The van der Waals surface area contributed by atoms with Gasteiger partial charge in [-0.3, -0.25) is 0 Å². The highest BCUT2D eigenvalue weighted by molar-refractivity contribution is 14.1. The Morgan fingerprint density at radius 2 is 1.67 bits per heavy atom. The molecule has 2 radical (unpaired) electrons. The second-order valence-corrected chi connectivity index (χ2v) is 5.20. The molecule has 0 bridgehead atoms. The molecule has 0 aliphatic rings. The summed E-state index contributed by atoms with van der Waals surface area (Å²) in [6.45, 7) is 0. The lowest BCUT2D eigenvalue weighted by atomic mass is 10.2. The minimum Gasteiger partial charge on any atom is -0.452 e. The Balaban J connectivity index is 2.70. The number of para-hydroxylation sites is 1. The molecule has 2 aromatic carbocycles. The van der Waals surface area contributed by atoms with Crippen molar-refractivity contribution < 1.29 is 0 Å². The van der Waals surface area contributed by atoms with Gasteiger partial charge in [0.15, 0.2) is 0 Å². The van der Waals surface area contributed by atoms with Crippen LogP contribution in [0, 0.1) is 3.57 Å². The average Bonchev–Trinajstić information content (AvgIpc) is 2.55. The van der Waals surface area contributed by atoms with Gasteiger partial charge in [-0.2, -0.15) is 0 Å². The fourth-order valence-corrected chi connectivity index (χ4v) is 3.22. The summed E-state index contributed by atoms with van der Waals surface area (Å²) in [6.07, 6.45) is 0. The highest BCUT2D eigenvalue weighted by Gasteiger charge is 2.07. The molecule has 0 atom stereocenters. The Labute approximate surface area is 110 Å². The number of hydrogen-bond donors (Lipinski definition) is 0. The largest absolute Gasteiger partial charge is 0.452 e. The van der Waals surface area contributed by atoms with Crippen molar-refractivity contribution in [1.29, 1.82) is 0 Å². The zero-order chi connectivity index (χ0) is 10.4. The van der Waals surface area contributed by atoms with Crippen molar-refractivity contribution >= 4 is 60.9 Å². The van der Waals surface area contributed by atoms with Crippen molar-refractivity contribution in [2.45, 2.75) is 0 Å². The van der Waals surface area contributed by atoms with E-state index in [-0.39, 0.29) is 0 Å². The molecule has 0 aliphatic heterocycles. The molecule has 15 heavy (non-hydrogen) atoms. The van der Waals surface area contributed by atoms with E-state index in [1.54, 1.807) is 0 Å². The van der Waals surface area contributed by atoms with Gasteiger partial charge in [-0.1, -0.05) is 24.3 Å².